The highest BCUT2D eigenvalue weighted by Gasteiger charge is 2.33. The minimum atomic E-state index is -0.127. The minimum Gasteiger partial charge on any atom is -0.272 e. The first-order valence-corrected chi connectivity index (χ1v) is 12.4. The quantitative estimate of drug-likeness (QED) is 0.266. The van der Waals surface area contributed by atoms with E-state index in [-0.39, 0.29) is 17.7 Å². The van der Waals surface area contributed by atoms with Crippen LogP contribution < -0.4 is 0 Å². The van der Waals surface area contributed by atoms with E-state index in [9.17, 15) is 4.79 Å². The molecular formula is C28H26N4OS. The first-order chi connectivity index (χ1) is 16.5. The number of carbonyl (C=O) groups is 1. The van der Waals surface area contributed by atoms with Crippen LogP contribution in [0.15, 0.2) is 83.1 Å². The van der Waals surface area contributed by atoms with Crippen LogP contribution in [0.25, 0.3) is 10.8 Å². The van der Waals surface area contributed by atoms with Gasteiger partial charge in [0.25, 0.3) is 5.91 Å². The predicted molar refractivity (Wildman–Crippen MR) is 138 cm³/mol. The zero-order valence-corrected chi connectivity index (χ0v) is 20.3. The topological polar surface area (TPSA) is 58.5 Å². The smallest absolute Gasteiger partial charge is 0.253 e. The molecule has 1 atom stereocenters. The van der Waals surface area contributed by atoms with Crippen molar-refractivity contribution >= 4 is 34.2 Å². The van der Waals surface area contributed by atoms with E-state index in [1.165, 1.54) is 22.5 Å². The van der Waals surface area contributed by atoms with Crippen molar-refractivity contribution in [2.24, 2.45) is 5.10 Å². The maximum absolute atomic E-state index is 13.4. The highest BCUT2D eigenvalue weighted by Crippen LogP contribution is 2.34. The van der Waals surface area contributed by atoms with Gasteiger partial charge in [0.15, 0.2) is 5.16 Å². The fourth-order valence-electron chi connectivity index (χ4n) is 4.22. The number of nitrogens with zero attached hydrogens (tertiary/aromatic N) is 4. The molecule has 0 spiro atoms. The van der Waals surface area contributed by atoms with Crippen LogP contribution in [0.1, 0.15) is 40.5 Å². The van der Waals surface area contributed by atoms with Crippen molar-refractivity contribution in [3.63, 3.8) is 0 Å². The number of amides is 1. The van der Waals surface area contributed by atoms with Gasteiger partial charge in [-0.1, -0.05) is 78.5 Å². The van der Waals surface area contributed by atoms with E-state index in [0.717, 1.165) is 33.8 Å². The van der Waals surface area contributed by atoms with Gasteiger partial charge in [-0.05, 0) is 54.3 Å². The molecule has 2 heterocycles. The molecule has 1 aliphatic heterocycles. The van der Waals surface area contributed by atoms with Gasteiger partial charge in [0.2, 0.25) is 0 Å². The molecule has 1 aliphatic rings. The largest absolute Gasteiger partial charge is 0.272 e. The Morgan fingerprint density at radius 2 is 1.59 bits per heavy atom. The average Bonchev–Trinajstić information content (AvgIpc) is 3.32. The van der Waals surface area contributed by atoms with Gasteiger partial charge < -0.3 is 0 Å². The lowest BCUT2D eigenvalue weighted by Crippen LogP contribution is -2.28. The molecule has 6 heteroatoms. The minimum absolute atomic E-state index is 0.0471. The van der Waals surface area contributed by atoms with Gasteiger partial charge >= 0.3 is 0 Å². The van der Waals surface area contributed by atoms with Gasteiger partial charge in [-0.25, -0.2) is 15.0 Å². The average molecular weight is 467 g/mol. The highest BCUT2D eigenvalue weighted by atomic mass is 32.2. The summed E-state index contributed by atoms with van der Waals surface area (Å²) >= 11 is 1.37. The van der Waals surface area contributed by atoms with Crippen molar-refractivity contribution in [1.82, 2.24) is 15.0 Å². The third-order valence-corrected chi connectivity index (χ3v) is 7.20. The molecule has 4 aromatic rings. The SMILES string of the molecule is Cc1nc(SCC(=O)N2N=C(c3ccc4ccccc4c3)C[C@@H]2c2ccccc2)nc(C)c1C. The lowest BCUT2D eigenvalue weighted by atomic mass is 9.97. The number of benzene rings is 3. The van der Waals surface area contributed by atoms with E-state index in [1.807, 2.05) is 51.1 Å². The maximum Gasteiger partial charge on any atom is 0.253 e. The summed E-state index contributed by atoms with van der Waals surface area (Å²) in [6.45, 7) is 5.96. The highest BCUT2D eigenvalue weighted by molar-refractivity contribution is 7.99. The van der Waals surface area contributed by atoms with E-state index >= 15 is 0 Å². The number of fused-ring (bicyclic) bond motifs is 1. The molecule has 170 valence electrons. The van der Waals surface area contributed by atoms with Crippen molar-refractivity contribution in [3.8, 4) is 0 Å². The molecule has 34 heavy (non-hydrogen) atoms. The van der Waals surface area contributed by atoms with Crippen LogP contribution in [0.3, 0.4) is 0 Å². The molecule has 0 aliphatic carbocycles. The Balaban J connectivity index is 1.42. The standard InChI is InChI=1S/C28H26N4OS/c1-18-19(2)29-28(30-20(18)3)34-17-27(33)32-26(22-10-5-4-6-11-22)16-25(31-32)24-14-13-21-9-7-8-12-23(21)15-24/h4-15,26H,16-17H2,1-3H3/t26-/m1/s1. The Labute approximate surface area is 203 Å². The second kappa shape index (κ2) is 9.39. The van der Waals surface area contributed by atoms with E-state index < -0.39 is 0 Å². The summed E-state index contributed by atoms with van der Waals surface area (Å²) in [5.74, 6) is 0.189. The van der Waals surface area contributed by atoms with E-state index in [0.29, 0.717) is 11.6 Å². The van der Waals surface area contributed by atoms with Crippen molar-refractivity contribution in [2.45, 2.75) is 38.4 Å². The molecule has 0 saturated heterocycles. The third-order valence-electron chi connectivity index (χ3n) is 6.37. The summed E-state index contributed by atoms with van der Waals surface area (Å²) in [4.78, 5) is 22.5. The molecule has 5 nitrogen and oxygen atoms in total. The Morgan fingerprint density at radius 1 is 0.912 bits per heavy atom. The molecule has 1 aromatic heterocycles. The first kappa shape index (κ1) is 22.3. The lowest BCUT2D eigenvalue weighted by Gasteiger charge is -2.21. The Hall–Kier alpha value is -3.51. The second-order valence-electron chi connectivity index (χ2n) is 8.57. The number of rotatable bonds is 5. The van der Waals surface area contributed by atoms with Crippen LogP contribution in [0.4, 0.5) is 0 Å². The number of aryl methyl sites for hydroxylation is 2. The van der Waals surface area contributed by atoms with Gasteiger partial charge in [0.05, 0.1) is 17.5 Å². The van der Waals surface area contributed by atoms with Crippen LogP contribution in [0.5, 0.6) is 0 Å². The van der Waals surface area contributed by atoms with Crippen LogP contribution in [0.2, 0.25) is 0 Å². The van der Waals surface area contributed by atoms with Crippen LogP contribution >= 0.6 is 11.8 Å². The molecule has 0 saturated carbocycles. The molecule has 0 radical (unpaired) electrons. The molecular weight excluding hydrogens is 440 g/mol. The summed E-state index contributed by atoms with van der Waals surface area (Å²) in [6, 6.07) is 24.7. The van der Waals surface area contributed by atoms with Crippen LogP contribution in [0, 0.1) is 20.8 Å². The van der Waals surface area contributed by atoms with Crippen molar-refractivity contribution in [2.75, 3.05) is 5.75 Å². The van der Waals surface area contributed by atoms with Gasteiger partial charge in [0.1, 0.15) is 0 Å². The van der Waals surface area contributed by atoms with Crippen molar-refractivity contribution < 1.29 is 4.79 Å². The molecule has 3 aromatic carbocycles. The summed E-state index contributed by atoms with van der Waals surface area (Å²) in [6.07, 6.45) is 0.679. The van der Waals surface area contributed by atoms with Gasteiger partial charge in [-0.2, -0.15) is 5.10 Å². The number of thioether (sulfide) groups is 1. The lowest BCUT2D eigenvalue weighted by molar-refractivity contribution is -0.130. The molecule has 0 N–H and O–H groups in total. The van der Waals surface area contributed by atoms with Gasteiger partial charge in [0, 0.05) is 17.8 Å². The number of hydrogen-bond acceptors (Lipinski definition) is 5. The predicted octanol–water partition coefficient (Wildman–Crippen LogP) is 6.03. The number of aromatic nitrogens is 2. The Bertz CT molecular complexity index is 1380. The summed E-state index contributed by atoms with van der Waals surface area (Å²) in [5.41, 5.74) is 6.04. The molecule has 1 amide bonds. The van der Waals surface area contributed by atoms with Crippen molar-refractivity contribution in [1.29, 1.82) is 0 Å². The molecule has 0 fully saturated rings. The zero-order valence-electron chi connectivity index (χ0n) is 19.5. The molecule has 0 unspecified atom stereocenters. The van der Waals surface area contributed by atoms with Crippen LogP contribution in [-0.4, -0.2) is 32.3 Å². The monoisotopic (exact) mass is 466 g/mol. The second-order valence-corrected chi connectivity index (χ2v) is 9.51. The third kappa shape index (κ3) is 4.46. The maximum atomic E-state index is 13.4. The molecule has 5 rings (SSSR count). The summed E-state index contributed by atoms with van der Waals surface area (Å²) in [7, 11) is 0. The van der Waals surface area contributed by atoms with Crippen LogP contribution in [-0.2, 0) is 4.79 Å². The fourth-order valence-corrected chi connectivity index (χ4v) is 5.00. The number of carbonyl (C=O) groups excluding carboxylic acids is 1. The van der Waals surface area contributed by atoms with E-state index in [4.69, 9.17) is 5.10 Å². The Morgan fingerprint density at radius 3 is 2.32 bits per heavy atom. The summed E-state index contributed by atoms with van der Waals surface area (Å²) in [5, 5.41) is 9.47. The number of hydrogen-bond donors (Lipinski definition) is 0. The van der Waals surface area contributed by atoms with Crippen molar-refractivity contribution in [3.05, 3.63) is 101 Å². The van der Waals surface area contributed by atoms with E-state index in [1.54, 1.807) is 5.01 Å². The zero-order chi connectivity index (χ0) is 23.7. The van der Waals surface area contributed by atoms with Gasteiger partial charge in [-0.15, -0.1) is 0 Å². The van der Waals surface area contributed by atoms with Gasteiger partial charge in [-0.3, -0.25) is 4.79 Å². The fraction of sp³-hybridized carbons (Fsp3) is 0.214. The van der Waals surface area contributed by atoms with E-state index in [2.05, 4.69) is 52.4 Å². The first-order valence-electron chi connectivity index (χ1n) is 11.4. The Kier molecular flexibility index (Phi) is 6.16. The normalized spacial score (nSPS) is 15.6. The summed E-state index contributed by atoms with van der Waals surface area (Å²) < 4.78 is 0. The molecule has 0 bridgehead atoms. The number of hydrazone groups is 1.